The van der Waals surface area contributed by atoms with E-state index in [2.05, 4.69) is 20.4 Å². The number of piperazine rings is 1. The van der Waals surface area contributed by atoms with Gasteiger partial charge in [-0.2, -0.15) is 0 Å². The Morgan fingerprint density at radius 1 is 1.03 bits per heavy atom. The average Bonchev–Trinajstić information content (AvgIpc) is 3.21. The number of aromatic hydroxyl groups is 1. The minimum absolute atomic E-state index is 0.117. The molecule has 0 radical (unpaired) electrons. The summed E-state index contributed by atoms with van der Waals surface area (Å²) in [6.45, 7) is 2.44. The van der Waals surface area contributed by atoms with Crippen LogP contribution in [-0.2, 0) is 14.4 Å². The number of fused-ring (bicyclic) bond motifs is 1. The molecule has 194 valence electrons. The van der Waals surface area contributed by atoms with E-state index in [-0.39, 0.29) is 23.5 Å². The Morgan fingerprint density at radius 3 is 2.29 bits per heavy atom. The van der Waals surface area contributed by atoms with Crippen molar-refractivity contribution in [2.24, 2.45) is 5.92 Å². The Morgan fingerprint density at radius 2 is 1.66 bits per heavy atom. The lowest BCUT2D eigenvalue weighted by atomic mass is 9.92. The van der Waals surface area contributed by atoms with Crippen LogP contribution >= 0.6 is 0 Å². The van der Waals surface area contributed by atoms with E-state index in [9.17, 15) is 19.5 Å². The molecule has 3 rings (SSSR count). The van der Waals surface area contributed by atoms with Gasteiger partial charge in [0.1, 0.15) is 17.8 Å². The number of phenolic OH excluding ortho intramolecular Hbond substituents is 1. The summed E-state index contributed by atoms with van der Waals surface area (Å²) in [6, 6.07) is 4.83. The molecular formula is C26H41N5O4. The maximum absolute atomic E-state index is 13.6. The fourth-order valence-corrected chi connectivity index (χ4v) is 5.09. The van der Waals surface area contributed by atoms with Crippen LogP contribution in [0.1, 0.15) is 50.1 Å². The zero-order chi connectivity index (χ0) is 25.5. The Hall–Kier alpha value is -2.65. The van der Waals surface area contributed by atoms with Crippen LogP contribution in [0, 0.1) is 5.92 Å². The van der Waals surface area contributed by atoms with Gasteiger partial charge in [-0.25, -0.2) is 0 Å². The predicted octanol–water partition coefficient (Wildman–Crippen LogP) is 1.34. The van der Waals surface area contributed by atoms with Crippen molar-refractivity contribution in [2.45, 2.75) is 56.7 Å². The molecule has 2 aliphatic heterocycles. The van der Waals surface area contributed by atoms with Gasteiger partial charge >= 0.3 is 0 Å². The third-order valence-electron chi connectivity index (χ3n) is 6.92. The van der Waals surface area contributed by atoms with Crippen molar-refractivity contribution < 1.29 is 19.5 Å². The minimum atomic E-state index is -0.663. The monoisotopic (exact) mass is 487 g/mol. The summed E-state index contributed by atoms with van der Waals surface area (Å²) in [5, 5.41) is 15.7. The van der Waals surface area contributed by atoms with Crippen LogP contribution in [0.15, 0.2) is 24.3 Å². The van der Waals surface area contributed by atoms with Crippen molar-refractivity contribution >= 4 is 17.7 Å². The van der Waals surface area contributed by atoms with Crippen LogP contribution in [0.2, 0.25) is 0 Å². The first-order chi connectivity index (χ1) is 16.7. The number of benzene rings is 1. The molecule has 0 saturated carbocycles. The molecule has 1 aromatic rings. The summed E-state index contributed by atoms with van der Waals surface area (Å²) in [5.74, 6) is -0.858. The average molecular weight is 488 g/mol. The fourth-order valence-electron chi connectivity index (χ4n) is 5.09. The Labute approximate surface area is 208 Å². The molecule has 3 amide bonds. The molecule has 35 heavy (non-hydrogen) atoms. The molecule has 2 heterocycles. The zero-order valence-corrected chi connectivity index (χ0v) is 21.5. The number of carbonyl (C=O) groups excluding carboxylic acids is 3. The number of amides is 3. The number of nitrogens with zero attached hydrogens (tertiary/aromatic N) is 3. The number of unbranched alkanes of at least 4 members (excludes halogenated alkanes) is 2. The highest BCUT2D eigenvalue weighted by atomic mass is 16.3. The molecule has 9 heteroatoms. The summed E-state index contributed by atoms with van der Waals surface area (Å²) in [4.78, 5) is 45.7. The molecule has 0 aromatic heterocycles. The molecule has 2 aliphatic rings. The molecule has 1 aromatic carbocycles. The predicted molar refractivity (Wildman–Crippen MR) is 135 cm³/mol. The minimum Gasteiger partial charge on any atom is -0.508 e. The molecule has 2 saturated heterocycles. The quantitative estimate of drug-likeness (QED) is 0.384. The number of rotatable bonds is 12. The first-order valence-electron chi connectivity index (χ1n) is 12.7. The summed E-state index contributed by atoms with van der Waals surface area (Å²) < 4.78 is 0. The van der Waals surface area contributed by atoms with Crippen LogP contribution in [0.25, 0.3) is 0 Å². The second kappa shape index (κ2) is 12.4. The van der Waals surface area contributed by atoms with Gasteiger partial charge in [0.05, 0.1) is 12.0 Å². The highest BCUT2D eigenvalue weighted by Gasteiger charge is 2.54. The second-order valence-corrected chi connectivity index (χ2v) is 10.3. The van der Waals surface area contributed by atoms with Crippen LogP contribution in [0.4, 0.5) is 0 Å². The van der Waals surface area contributed by atoms with E-state index in [0.717, 1.165) is 44.3 Å². The van der Waals surface area contributed by atoms with Gasteiger partial charge in [0, 0.05) is 6.54 Å². The summed E-state index contributed by atoms with van der Waals surface area (Å²) in [7, 11) is 8.07. The zero-order valence-electron chi connectivity index (χ0n) is 21.5. The largest absolute Gasteiger partial charge is 0.508 e. The maximum atomic E-state index is 13.6. The Balaban J connectivity index is 1.75. The van der Waals surface area contributed by atoms with Gasteiger partial charge in [0.25, 0.3) is 0 Å². The Bertz CT molecular complexity index is 873. The van der Waals surface area contributed by atoms with Crippen molar-refractivity contribution in [1.29, 1.82) is 0 Å². The Kier molecular flexibility index (Phi) is 9.51. The molecule has 4 atom stereocenters. The topological polar surface area (TPSA) is 105 Å². The smallest absolute Gasteiger partial charge is 0.246 e. The van der Waals surface area contributed by atoms with Gasteiger partial charge in [0.15, 0.2) is 0 Å². The SMILES string of the molecule is CN(C)CCCCNC(=O)[C@H]1C[C@H]2C(=O)N[C@@H](CCCCN(C)C)C(=O)N2[C@H]1c1ccc(O)cc1. The lowest BCUT2D eigenvalue weighted by Crippen LogP contribution is -2.61. The van der Waals surface area contributed by atoms with E-state index in [1.165, 1.54) is 0 Å². The van der Waals surface area contributed by atoms with Crippen LogP contribution < -0.4 is 10.6 Å². The highest BCUT2D eigenvalue weighted by molar-refractivity contribution is 5.99. The molecule has 0 spiro atoms. The van der Waals surface area contributed by atoms with Crippen molar-refractivity contribution in [2.75, 3.05) is 47.8 Å². The molecule has 2 fully saturated rings. The van der Waals surface area contributed by atoms with E-state index < -0.39 is 24.0 Å². The molecular weight excluding hydrogens is 446 g/mol. The van der Waals surface area contributed by atoms with E-state index in [0.29, 0.717) is 19.4 Å². The molecule has 0 unspecified atom stereocenters. The molecule has 9 nitrogen and oxygen atoms in total. The van der Waals surface area contributed by atoms with E-state index in [1.54, 1.807) is 29.2 Å². The van der Waals surface area contributed by atoms with Crippen molar-refractivity contribution in [3.05, 3.63) is 29.8 Å². The van der Waals surface area contributed by atoms with Crippen molar-refractivity contribution in [3.63, 3.8) is 0 Å². The van der Waals surface area contributed by atoms with E-state index in [4.69, 9.17) is 0 Å². The number of carbonyl (C=O) groups is 3. The number of hydrogen-bond acceptors (Lipinski definition) is 6. The van der Waals surface area contributed by atoms with E-state index in [1.807, 2.05) is 28.2 Å². The third-order valence-corrected chi connectivity index (χ3v) is 6.92. The summed E-state index contributed by atoms with van der Waals surface area (Å²) >= 11 is 0. The fraction of sp³-hybridized carbons (Fsp3) is 0.654. The summed E-state index contributed by atoms with van der Waals surface area (Å²) in [6.07, 6.45) is 4.48. The first-order valence-corrected chi connectivity index (χ1v) is 12.7. The van der Waals surface area contributed by atoms with Gasteiger partial charge < -0.3 is 30.4 Å². The van der Waals surface area contributed by atoms with Gasteiger partial charge in [0.2, 0.25) is 17.7 Å². The maximum Gasteiger partial charge on any atom is 0.246 e. The van der Waals surface area contributed by atoms with Crippen molar-refractivity contribution in [3.8, 4) is 5.75 Å². The summed E-state index contributed by atoms with van der Waals surface area (Å²) in [5.41, 5.74) is 0.757. The van der Waals surface area contributed by atoms with Gasteiger partial charge in [-0.15, -0.1) is 0 Å². The van der Waals surface area contributed by atoms with Crippen LogP contribution in [0.3, 0.4) is 0 Å². The number of nitrogens with one attached hydrogen (secondary N) is 2. The number of phenols is 1. The molecule has 0 aliphatic carbocycles. The van der Waals surface area contributed by atoms with Gasteiger partial charge in [-0.1, -0.05) is 12.1 Å². The first kappa shape index (κ1) is 26.9. The molecule has 3 N–H and O–H groups in total. The van der Waals surface area contributed by atoms with Gasteiger partial charge in [-0.3, -0.25) is 14.4 Å². The lowest BCUT2D eigenvalue weighted by Gasteiger charge is -2.38. The number of hydrogen-bond donors (Lipinski definition) is 3. The third kappa shape index (κ3) is 6.95. The van der Waals surface area contributed by atoms with E-state index >= 15 is 0 Å². The lowest BCUT2D eigenvalue weighted by molar-refractivity contribution is -0.149. The highest BCUT2D eigenvalue weighted by Crippen LogP contribution is 2.43. The normalized spacial score (nSPS) is 24.1. The van der Waals surface area contributed by atoms with Crippen molar-refractivity contribution in [1.82, 2.24) is 25.3 Å². The van der Waals surface area contributed by atoms with Crippen LogP contribution in [0.5, 0.6) is 5.75 Å². The van der Waals surface area contributed by atoms with Crippen LogP contribution in [-0.4, -0.2) is 97.4 Å². The second-order valence-electron chi connectivity index (χ2n) is 10.3. The molecule has 0 bridgehead atoms. The van der Waals surface area contributed by atoms with Gasteiger partial charge in [-0.05, 0) is 97.5 Å². The standard InChI is InChI=1S/C26H41N5O4/c1-29(2)15-7-5-9-21-26(35)31-22(25(34)28-21)17-20(23(31)18-10-12-19(32)13-11-18)24(33)27-14-6-8-16-30(3)4/h10-13,20-23,32H,5-9,14-17H2,1-4H3,(H,27,33)(H,28,34)/t20-,21-,22-,23-/m0/s1.